The predicted octanol–water partition coefficient (Wildman–Crippen LogP) is -2.15. The molecule has 0 aliphatic carbocycles. The summed E-state index contributed by atoms with van der Waals surface area (Å²) in [7, 11) is 1.88. The Hall–Kier alpha value is -1.34. The monoisotopic (exact) mass is 386 g/mol. The first-order chi connectivity index (χ1) is 10.3. The highest BCUT2D eigenvalue weighted by Gasteiger charge is 2.04. The molecule has 3 rings (SSSR count). The normalized spacial score (nSPS) is 9.61. The van der Waals surface area contributed by atoms with Crippen molar-refractivity contribution in [1.82, 2.24) is 9.97 Å². The number of hydrogen-bond donors (Lipinski definition) is 2. The van der Waals surface area contributed by atoms with Crippen LogP contribution in [0.15, 0.2) is 41.9 Å². The molecule has 0 amide bonds. The number of halogens is 2. The lowest BCUT2D eigenvalue weighted by atomic mass is 10.1. The SMILES string of the molecule is CNc1ncc(CNc2nc(Cc3ccccc3)cs2)s1.[Cl-].[Cl-]. The second-order valence-corrected chi connectivity index (χ2v) is 6.51. The zero-order valence-electron chi connectivity index (χ0n) is 12.4. The third-order valence-corrected chi connectivity index (χ3v) is 4.82. The first-order valence-corrected chi connectivity index (χ1v) is 8.38. The molecule has 0 saturated carbocycles. The predicted molar refractivity (Wildman–Crippen MR) is 90.3 cm³/mol. The average Bonchev–Trinajstić information content (AvgIpc) is 3.15. The summed E-state index contributed by atoms with van der Waals surface area (Å²) in [4.78, 5) is 10.1. The van der Waals surface area contributed by atoms with E-state index in [0.29, 0.717) is 0 Å². The van der Waals surface area contributed by atoms with E-state index in [1.165, 1.54) is 10.4 Å². The Bertz CT molecular complexity index is 700. The molecule has 0 unspecified atom stereocenters. The highest BCUT2D eigenvalue weighted by Crippen LogP contribution is 2.21. The summed E-state index contributed by atoms with van der Waals surface area (Å²) < 4.78 is 0. The topological polar surface area (TPSA) is 49.8 Å². The van der Waals surface area contributed by atoms with E-state index in [0.717, 1.165) is 28.9 Å². The lowest BCUT2D eigenvalue weighted by Crippen LogP contribution is -3.00. The van der Waals surface area contributed by atoms with Crippen molar-refractivity contribution in [1.29, 1.82) is 0 Å². The van der Waals surface area contributed by atoms with Crippen LogP contribution in [0.5, 0.6) is 0 Å². The Morgan fingerprint density at radius 2 is 1.87 bits per heavy atom. The van der Waals surface area contributed by atoms with Gasteiger partial charge in [-0.15, -0.1) is 22.7 Å². The first-order valence-electron chi connectivity index (χ1n) is 6.68. The van der Waals surface area contributed by atoms with Crippen LogP contribution < -0.4 is 35.4 Å². The highest BCUT2D eigenvalue weighted by molar-refractivity contribution is 7.15. The van der Waals surface area contributed by atoms with Gasteiger partial charge >= 0.3 is 0 Å². The van der Waals surface area contributed by atoms with Gasteiger partial charge in [-0.1, -0.05) is 30.3 Å². The van der Waals surface area contributed by atoms with Crippen LogP contribution in [0, 0.1) is 0 Å². The van der Waals surface area contributed by atoms with Crippen molar-refractivity contribution in [3.8, 4) is 0 Å². The first kappa shape index (κ1) is 19.7. The largest absolute Gasteiger partial charge is 1.00 e. The van der Waals surface area contributed by atoms with Crippen molar-refractivity contribution in [2.24, 2.45) is 0 Å². The molecule has 2 heterocycles. The van der Waals surface area contributed by atoms with Crippen LogP contribution in [-0.2, 0) is 13.0 Å². The minimum absolute atomic E-state index is 0. The van der Waals surface area contributed by atoms with Crippen LogP contribution in [0.1, 0.15) is 16.1 Å². The lowest BCUT2D eigenvalue weighted by molar-refractivity contribution is -0.00100. The van der Waals surface area contributed by atoms with Gasteiger partial charge < -0.3 is 35.4 Å². The molecule has 23 heavy (non-hydrogen) atoms. The summed E-state index contributed by atoms with van der Waals surface area (Å²) in [5.41, 5.74) is 2.39. The minimum Gasteiger partial charge on any atom is -1.00 e. The van der Waals surface area contributed by atoms with E-state index in [4.69, 9.17) is 0 Å². The molecule has 1 aromatic carbocycles. The molecule has 0 fully saturated rings. The lowest BCUT2D eigenvalue weighted by Gasteiger charge is -1.99. The van der Waals surface area contributed by atoms with Crippen LogP contribution in [-0.4, -0.2) is 17.0 Å². The number of nitrogens with zero attached hydrogens (tertiary/aromatic N) is 2. The van der Waals surface area contributed by atoms with E-state index >= 15 is 0 Å². The third-order valence-electron chi connectivity index (χ3n) is 2.96. The Labute approximate surface area is 156 Å². The molecule has 4 nitrogen and oxygen atoms in total. The van der Waals surface area contributed by atoms with Gasteiger partial charge in [-0.25, -0.2) is 9.97 Å². The van der Waals surface area contributed by atoms with Crippen LogP contribution in [0.4, 0.5) is 10.3 Å². The smallest absolute Gasteiger partial charge is 0.183 e. The minimum atomic E-state index is 0. The Balaban J connectivity index is 0.00000132. The number of hydrogen-bond acceptors (Lipinski definition) is 6. The fourth-order valence-corrected chi connectivity index (χ4v) is 3.36. The number of aromatic nitrogens is 2. The Morgan fingerprint density at radius 3 is 2.57 bits per heavy atom. The van der Waals surface area contributed by atoms with Gasteiger partial charge in [0, 0.05) is 29.9 Å². The molecule has 0 aliphatic heterocycles. The third kappa shape index (κ3) is 5.66. The second kappa shape index (κ2) is 9.72. The zero-order chi connectivity index (χ0) is 14.5. The zero-order valence-corrected chi connectivity index (χ0v) is 15.6. The maximum Gasteiger partial charge on any atom is 0.183 e. The van der Waals surface area contributed by atoms with Gasteiger partial charge in [0.05, 0.1) is 12.2 Å². The number of anilines is 2. The van der Waals surface area contributed by atoms with Gasteiger partial charge in [-0.05, 0) is 5.56 Å². The summed E-state index contributed by atoms with van der Waals surface area (Å²) in [5.74, 6) is 0. The quantitative estimate of drug-likeness (QED) is 0.507. The van der Waals surface area contributed by atoms with Crippen LogP contribution in [0.25, 0.3) is 0 Å². The van der Waals surface area contributed by atoms with Gasteiger partial charge in [0.25, 0.3) is 0 Å². The van der Waals surface area contributed by atoms with Gasteiger partial charge in [0.15, 0.2) is 10.3 Å². The van der Waals surface area contributed by atoms with Crippen molar-refractivity contribution in [3.05, 3.63) is 58.0 Å². The van der Waals surface area contributed by atoms with Gasteiger partial charge in [0.1, 0.15) is 0 Å². The maximum atomic E-state index is 4.62. The molecular formula is C15H16Cl2N4S2-2. The molecular weight excluding hydrogens is 371 g/mol. The van der Waals surface area contributed by atoms with Gasteiger partial charge in [-0.3, -0.25) is 0 Å². The standard InChI is InChI=1S/C15H16N4S2.2ClH/c1-16-14-17-8-13(21-14)9-18-15-19-12(10-20-15)7-11-5-3-2-4-6-11;;/h2-6,8,10H,7,9H2,1H3,(H,16,17)(H,18,19);2*1H/p-2. The van der Waals surface area contributed by atoms with Crippen molar-refractivity contribution < 1.29 is 24.8 Å². The Kier molecular flexibility index (Phi) is 8.33. The Morgan fingerprint density at radius 1 is 1.09 bits per heavy atom. The number of benzene rings is 1. The van der Waals surface area contributed by atoms with Crippen LogP contribution in [0.3, 0.4) is 0 Å². The summed E-state index contributed by atoms with van der Waals surface area (Å²) in [6, 6.07) is 10.4. The molecule has 0 aliphatic rings. The molecule has 2 N–H and O–H groups in total. The molecule has 3 aromatic rings. The summed E-state index contributed by atoms with van der Waals surface area (Å²) in [6.07, 6.45) is 2.77. The number of rotatable bonds is 6. The fraction of sp³-hybridized carbons (Fsp3) is 0.200. The van der Waals surface area contributed by atoms with Crippen molar-refractivity contribution in [3.63, 3.8) is 0 Å². The average molecular weight is 387 g/mol. The fourth-order valence-electron chi connectivity index (χ4n) is 1.94. The van der Waals surface area contributed by atoms with Crippen LogP contribution >= 0.6 is 22.7 Å². The van der Waals surface area contributed by atoms with E-state index in [2.05, 4.69) is 50.2 Å². The summed E-state index contributed by atoms with van der Waals surface area (Å²) >= 11 is 3.30. The molecule has 0 spiro atoms. The summed E-state index contributed by atoms with van der Waals surface area (Å²) in [6.45, 7) is 0.762. The van der Waals surface area contributed by atoms with E-state index in [9.17, 15) is 0 Å². The molecule has 124 valence electrons. The summed E-state index contributed by atoms with van der Waals surface area (Å²) in [5, 5.41) is 10.4. The van der Waals surface area contributed by atoms with Crippen molar-refractivity contribution in [2.75, 3.05) is 17.7 Å². The number of thiazole rings is 2. The van der Waals surface area contributed by atoms with Crippen molar-refractivity contribution >= 4 is 32.9 Å². The molecule has 0 saturated heterocycles. The van der Waals surface area contributed by atoms with Gasteiger partial charge in [0.2, 0.25) is 0 Å². The van der Waals surface area contributed by atoms with Gasteiger partial charge in [-0.2, -0.15) is 0 Å². The van der Waals surface area contributed by atoms with Crippen LogP contribution in [0.2, 0.25) is 0 Å². The van der Waals surface area contributed by atoms with E-state index in [1.54, 1.807) is 22.7 Å². The van der Waals surface area contributed by atoms with E-state index in [1.807, 2.05) is 19.3 Å². The molecule has 0 bridgehead atoms. The highest BCUT2D eigenvalue weighted by atomic mass is 35.5. The van der Waals surface area contributed by atoms with E-state index in [-0.39, 0.29) is 24.8 Å². The molecule has 0 radical (unpaired) electrons. The maximum absolute atomic E-state index is 4.62. The van der Waals surface area contributed by atoms with E-state index < -0.39 is 0 Å². The molecule has 0 atom stereocenters. The number of nitrogens with one attached hydrogen (secondary N) is 2. The van der Waals surface area contributed by atoms with Crippen molar-refractivity contribution in [2.45, 2.75) is 13.0 Å². The molecule has 8 heteroatoms. The second-order valence-electron chi connectivity index (χ2n) is 4.54. The molecule has 2 aromatic heterocycles.